The van der Waals surface area contributed by atoms with Gasteiger partial charge in [0.05, 0.1) is 6.61 Å². The Kier molecular flexibility index (Phi) is 8.02. The molecule has 0 radical (unpaired) electrons. The molecule has 0 saturated carbocycles. The molecule has 1 aromatic rings. The first kappa shape index (κ1) is 17.1. The van der Waals surface area contributed by atoms with Crippen molar-refractivity contribution in [2.24, 2.45) is 0 Å². The van der Waals surface area contributed by atoms with Crippen LogP contribution in [0.4, 0.5) is 4.39 Å². The summed E-state index contributed by atoms with van der Waals surface area (Å²) in [5.74, 6) is 6.90. The Balaban J connectivity index is 2.47. The van der Waals surface area contributed by atoms with E-state index in [1.165, 1.54) is 25.3 Å². The molecule has 0 aliphatic carbocycles. The van der Waals surface area contributed by atoms with E-state index in [2.05, 4.69) is 24.7 Å². The minimum absolute atomic E-state index is 0.230. The molecule has 1 unspecified atom stereocenters. The van der Waals surface area contributed by atoms with E-state index in [-0.39, 0.29) is 5.75 Å². The van der Waals surface area contributed by atoms with Gasteiger partial charge in [0.25, 0.3) is 0 Å². The van der Waals surface area contributed by atoms with Crippen molar-refractivity contribution < 1.29 is 14.2 Å². The van der Waals surface area contributed by atoms with Gasteiger partial charge in [0.2, 0.25) is 0 Å². The largest absolute Gasteiger partial charge is 0.491 e. The molecule has 21 heavy (non-hydrogen) atoms. The van der Waals surface area contributed by atoms with Crippen molar-refractivity contribution >= 4 is 0 Å². The quantitative estimate of drug-likeness (QED) is 0.614. The first-order valence-electron chi connectivity index (χ1n) is 7.25. The number of rotatable bonds is 7. The van der Waals surface area contributed by atoms with E-state index in [0.29, 0.717) is 12.2 Å². The molecule has 0 aliphatic heterocycles. The highest BCUT2D eigenvalue weighted by Crippen LogP contribution is 2.18. The Morgan fingerprint density at radius 1 is 1.29 bits per heavy atom. The van der Waals surface area contributed by atoms with E-state index in [0.717, 1.165) is 12.8 Å². The maximum atomic E-state index is 13.8. The van der Waals surface area contributed by atoms with Gasteiger partial charge in [0, 0.05) is 5.56 Å². The predicted molar refractivity (Wildman–Crippen MR) is 82.4 cm³/mol. The molecule has 0 aromatic heterocycles. The molecule has 1 rings (SSSR count). The molecule has 2 nitrogen and oxygen atoms in total. The van der Waals surface area contributed by atoms with E-state index >= 15 is 0 Å². The van der Waals surface area contributed by atoms with Crippen LogP contribution in [0, 0.1) is 30.0 Å². The zero-order valence-corrected chi connectivity index (χ0v) is 12.4. The van der Waals surface area contributed by atoms with Crippen molar-refractivity contribution in [3.8, 4) is 29.9 Å². The van der Waals surface area contributed by atoms with Crippen molar-refractivity contribution in [1.29, 1.82) is 0 Å². The number of benzene rings is 1. The van der Waals surface area contributed by atoms with Crippen LogP contribution in [0.3, 0.4) is 0 Å². The summed E-state index contributed by atoms with van der Waals surface area (Å²) >= 11 is 0. The minimum atomic E-state index is -1.13. The third-order valence-corrected chi connectivity index (χ3v) is 2.95. The minimum Gasteiger partial charge on any atom is -0.491 e. The van der Waals surface area contributed by atoms with Gasteiger partial charge in [-0.1, -0.05) is 50.4 Å². The summed E-state index contributed by atoms with van der Waals surface area (Å²) in [7, 11) is 0. The number of unbranched alkanes of at least 4 members (excludes halogenated alkanes) is 4. The van der Waals surface area contributed by atoms with Gasteiger partial charge in [-0.15, -0.1) is 6.42 Å². The van der Waals surface area contributed by atoms with Crippen LogP contribution < -0.4 is 4.74 Å². The zero-order valence-electron chi connectivity index (χ0n) is 12.4. The Morgan fingerprint density at radius 3 is 2.71 bits per heavy atom. The molecule has 0 saturated heterocycles. The molecule has 1 aromatic carbocycles. The summed E-state index contributed by atoms with van der Waals surface area (Å²) in [4.78, 5) is 0. The van der Waals surface area contributed by atoms with Crippen molar-refractivity contribution in [2.45, 2.75) is 45.1 Å². The Hall–Kier alpha value is -1.97. The van der Waals surface area contributed by atoms with Gasteiger partial charge in [-0.3, -0.25) is 0 Å². The number of terminal acetylenes is 1. The SMILES string of the molecule is C#CC(O)C#Cc1ccc(OCCCCCCC)c(F)c1. The molecule has 1 N–H and O–H groups in total. The van der Waals surface area contributed by atoms with Gasteiger partial charge < -0.3 is 9.84 Å². The van der Waals surface area contributed by atoms with Crippen LogP contribution in [0.1, 0.15) is 44.6 Å². The molecule has 0 aliphatic rings. The highest BCUT2D eigenvalue weighted by molar-refractivity contribution is 5.40. The molecule has 0 fully saturated rings. The summed E-state index contributed by atoms with van der Waals surface area (Å²) in [6, 6.07) is 4.47. The number of ether oxygens (including phenoxy) is 1. The van der Waals surface area contributed by atoms with E-state index in [4.69, 9.17) is 16.3 Å². The lowest BCUT2D eigenvalue weighted by molar-refractivity contribution is 0.289. The van der Waals surface area contributed by atoms with Gasteiger partial charge in [0.1, 0.15) is 0 Å². The standard InChI is InChI=1S/C18H21FO2/c1-3-5-6-7-8-13-21-18-12-10-15(14-17(18)19)9-11-16(20)4-2/h2,10,12,14,16,20H,3,5-8,13H2,1H3. The molecular weight excluding hydrogens is 267 g/mol. The summed E-state index contributed by atoms with van der Waals surface area (Å²) in [6.45, 7) is 2.68. The van der Waals surface area contributed by atoms with Crippen molar-refractivity contribution in [2.75, 3.05) is 6.61 Å². The number of hydrogen-bond donors (Lipinski definition) is 1. The normalized spacial score (nSPS) is 11.1. The average Bonchev–Trinajstić information content (AvgIpc) is 2.49. The Labute approximate surface area is 126 Å². The van der Waals surface area contributed by atoms with Crippen LogP contribution in [0.2, 0.25) is 0 Å². The lowest BCUT2D eigenvalue weighted by atomic mass is 10.2. The molecule has 0 bridgehead atoms. The van der Waals surface area contributed by atoms with Crippen LogP contribution in [-0.4, -0.2) is 17.8 Å². The van der Waals surface area contributed by atoms with Gasteiger partial charge in [0.15, 0.2) is 17.7 Å². The monoisotopic (exact) mass is 288 g/mol. The summed E-state index contributed by atoms with van der Waals surface area (Å²) in [5.41, 5.74) is 0.456. The molecule has 0 heterocycles. The summed E-state index contributed by atoms with van der Waals surface area (Å²) in [5, 5.41) is 9.12. The van der Waals surface area contributed by atoms with Gasteiger partial charge in [-0.2, -0.15) is 0 Å². The zero-order chi connectivity index (χ0) is 15.5. The van der Waals surface area contributed by atoms with Crippen LogP contribution in [0.15, 0.2) is 18.2 Å². The lowest BCUT2D eigenvalue weighted by Gasteiger charge is -2.07. The van der Waals surface area contributed by atoms with E-state index in [1.54, 1.807) is 12.1 Å². The van der Waals surface area contributed by atoms with Gasteiger partial charge >= 0.3 is 0 Å². The fourth-order valence-corrected chi connectivity index (χ4v) is 1.78. The maximum Gasteiger partial charge on any atom is 0.176 e. The van der Waals surface area contributed by atoms with Crippen molar-refractivity contribution in [3.05, 3.63) is 29.6 Å². The number of aliphatic hydroxyl groups excluding tert-OH is 1. The predicted octanol–water partition coefficient (Wildman–Crippen LogP) is 3.52. The van der Waals surface area contributed by atoms with E-state index in [9.17, 15) is 4.39 Å². The fourth-order valence-electron chi connectivity index (χ4n) is 1.78. The highest BCUT2D eigenvalue weighted by atomic mass is 19.1. The van der Waals surface area contributed by atoms with Crippen LogP contribution in [-0.2, 0) is 0 Å². The van der Waals surface area contributed by atoms with E-state index < -0.39 is 11.9 Å². The van der Waals surface area contributed by atoms with Crippen LogP contribution in [0.25, 0.3) is 0 Å². The molecule has 112 valence electrons. The van der Waals surface area contributed by atoms with Crippen molar-refractivity contribution in [3.63, 3.8) is 0 Å². The molecule has 0 spiro atoms. The highest BCUT2D eigenvalue weighted by Gasteiger charge is 2.04. The fraction of sp³-hybridized carbons (Fsp3) is 0.444. The molecule has 0 amide bonds. The van der Waals surface area contributed by atoms with E-state index in [1.807, 2.05) is 0 Å². The Morgan fingerprint density at radius 2 is 2.05 bits per heavy atom. The Bertz CT molecular complexity index is 534. The second-order valence-corrected chi connectivity index (χ2v) is 4.75. The average molecular weight is 288 g/mol. The summed E-state index contributed by atoms with van der Waals surface area (Å²) in [6.07, 6.45) is 9.50. The second kappa shape index (κ2) is 9.86. The van der Waals surface area contributed by atoms with Crippen molar-refractivity contribution in [1.82, 2.24) is 0 Å². The lowest BCUT2D eigenvalue weighted by Crippen LogP contribution is -2.00. The third-order valence-electron chi connectivity index (χ3n) is 2.95. The number of aliphatic hydroxyl groups is 1. The molecular formula is C18H21FO2. The van der Waals surface area contributed by atoms with Crippen LogP contribution >= 0.6 is 0 Å². The van der Waals surface area contributed by atoms with Gasteiger partial charge in [-0.05, 0) is 24.6 Å². The first-order chi connectivity index (χ1) is 10.2. The smallest absolute Gasteiger partial charge is 0.176 e. The third kappa shape index (κ3) is 6.84. The van der Waals surface area contributed by atoms with Gasteiger partial charge in [-0.25, -0.2) is 4.39 Å². The first-order valence-corrected chi connectivity index (χ1v) is 7.25. The second-order valence-electron chi connectivity index (χ2n) is 4.75. The number of halogens is 1. The van der Waals surface area contributed by atoms with Crippen LogP contribution in [0.5, 0.6) is 5.75 Å². The molecule has 1 atom stereocenters. The summed E-state index contributed by atoms with van der Waals surface area (Å²) < 4.78 is 19.2. The molecule has 3 heteroatoms. The topological polar surface area (TPSA) is 29.5 Å². The maximum absolute atomic E-state index is 13.8. The number of hydrogen-bond acceptors (Lipinski definition) is 2.